The number of aromatic nitrogens is 4. The van der Waals surface area contributed by atoms with E-state index in [1.165, 1.54) is 0 Å². The number of nitrogens with two attached hydrogens (primary N) is 1. The molecule has 1 aromatic heterocycles. The first-order valence-corrected chi connectivity index (χ1v) is 5.96. The second-order valence-electron chi connectivity index (χ2n) is 4.86. The fourth-order valence-electron chi connectivity index (χ4n) is 2.74. The van der Waals surface area contributed by atoms with E-state index >= 15 is 0 Å². The molecular weight excluding hydrogens is 230 g/mol. The van der Waals surface area contributed by atoms with Gasteiger partial charge in [-0.05, 0) is 24.0 Å². The first kappa shape index (κ1) is 11.3. The van der Waals surface area contributed by atoms with E-state index in [-0.39, 0.29) is 6.04 Å². The predicted molar refractivity (Wildman–Crippen MR) is 64.5 cm³/mol. The largest absolute Gasteiger partial charge is 0.385 e. The predicted octanol–water partition coefficient (Wildman–Crippen LogP) is -0.0965. The quantitative estimate of drug-likeness (QED) is 0.686. The van der Waals surface area contributed by atoms with Crippen LogP contribution < -0.4 is 5.73 Å². The number of aromatic amines is 1. The Labute approximate surface area is 104 Å². The van der Waals surface area contributed by atoms with Gasteiger partial charge in [-0.15, -0.1) is 10.2 Å². The number of hydrogen-bond donors (Lipinski definition) is 3. The van der Waals surface area contributed by atoms with Crippen molar-refractivity contribution in [2.45, 2.75) is 30.9 Å². The molecule has 6 nitrogen and oxygen atoms in total. The van der Waals surface area contributed by atoms with Crippen molar-refractivity contribution in [3.8, 4) is 0 Å². The van der Waals surface area contributed by atoms with Crippen LogP contribution in [0.25, 0.3) is 0 Å². The highest BCUT2D eigenvalue weighted by molar-refractivity contribution is 5.36. The van der Waals surface area contributed by atoms with Crippen molar-refractivity contribution in [1.82, 2.24) is 20.6 Å². The number of H-pyrrole nitrogens is 1. The molecule has 0 radical (unpaired) electrons. The van der Waals surface area contributed by atoms with Gasteiger partial charge in [0.15, 0.2) is 5.82 Å². The highest BCUT2D eigenvalue weighted by atomic mass is 16.3. The summed E-state index contributed by atoms with van der Waals surface area (Å²) < 4.78 is 0. The van der Waals surface area contributed by atoms with E-state index in [4.69, 9.17) is 5.73 Å². The van der Waals surface area contributed by atoms with Gasteiger partial charge < -0.3 is 10.8 Å². The van der Waals surface area contributed by atoms with Gasteiger partial charge in [-0.25, -0.2) is 0 Å². The Balaban J connectivity index is 2.00. The molecule has 1 aliphatic rings. The summed E-state index contributed by atoms with van der Waals surface area (Å²) in [6.07, 6.45) is 1.64. The Morgan fingerprint density at radius 2 is 2.28 bits per heavy atom. The normalized spacial score (nSPS) is 26.9. The molecule has 0 spiro atoms. The number of hydrogen-bond acceptors (Lipinski definition) is 5. The lowest BCUT2D eigenvalue weighted by molar-refractivity contribution is 0.0117. The van der Waals surface area contributed by atoms with Gasteiger partial charge in [0.2, 0.25) is 0 Å². The lowest BCUT2D eigenvalue weighted by atomic mass is 9.75. The summed E-state index contributed by atoms with van der Waals surface area (Å²) >= 11 is 0. The molecule has 0 saturated heterocycles. The van der Waals surface area contributed by atoms with Crippen molar-refractivity contribution < 1.29 is 5.11 Å². The number of nitrogens with one attached hydrogen (secondary N) is 1. The van der Waals surface area contributed by atoms with E-state index in [1.807, 2.05) is 24.3 Å². The van der Waals surface area contributed by atoms with Crippen LogP contribution in [0.5, 0.6) is 0 Å². The Morgan fingerprint density at radius 1 is 1.44 bits per heavy atom. The van der Waals surface area contributed by atoms with E-state index in [1.54, 1.807) is 0 Å². The summed E-state index contributed by atoms with van der Waals surface area (Å²) in [4.78, 5) is 0. The van der Waals surface area contributed by atoms with Crippen LogP contribution in [-0.2, 0) is 18.4 Å². The van der Waals surface area contributed by atoms with Gasteiger partial charge in [0.25, 0.3) is 0 Å². The molecule has 0 unspecified atom stereocenters. The van der Waals surface area contributed by atoms with Crippen LogP contribution in [-0.4, -0.2) is 31.8 Å². The SMILES string of the molecule is N[C@@H]1Cc2ccccc2[C@@](O)(Cc2nn[nH]n2)C1. The summed E-state index contributed by atoms with van der Waals surface area (Å²) in [6, 6.07) is 7.80. The van der Waals surface area contributed by atoms with Crippen LogP contribution in [0.1, 0.15) is 23.4 Å². The Kier molecular flexibility index (Phi) is 2.61. The Bertz CT molecular complexity index is 541. The molecule has 1 heterocycles. The zero-order chi connectivity index (χ0) is 12.6. The number of aliphatic hydroxyl groups is 1. The van der Waals surface area contributed by atoms with Gasteiger partial charge in [0, 0.05) is 12.5 Å². The van der Waals surface area contributed by atoms with Crippen molar-refractivity contribution in [3.63, 3.8) is 0 Å². The fourth-order valence-corrected chi connectivity index (χ4v) is 2.74. The monoisotopic (exact) mass is 245 g/mol. The van der Waals surface area contributed by atoms with E-state index in [0.29, 0.717) is 18.7 Å². The standard InChI is InChI=1S/C12H15N5O/c13-9-5-8-3-1-2-4-10(8)12(18,6-9)7-11-14-16-17-15-11/h1-4,9,18H,5-7,13H2,(H,14,15,16,17)/t9-,12+/m1/s1. The fraction of sp³-hybridized carbons (Fsp3) is 0.417. The van der Waals surface area contributed by atoms with Crippen LogP contribution in [0.3, 0.4) is 0 Å². The van der Waals surface area contributed by atoms with Gasteiger partial charge in [-0.2, -0.15) is 5.21 Å². The minimum Gasteiger partial charge on any atom is -0.385 e. The number of rotatable bonds is 2. The van der Waals surface area contributed by atoms with Gasteiger partial charge in [-0.1, -0.05) is 29.5 Å². The maximum absolute atomic E-state index is 10.9. The minimum atomic E-state index is -1.00. The van der Waals surface area contributed by atoms with Crippen molar-refractivity contribution in [2.24, 2.45) is 5.73 Å². The van der Waals surface area contributed by atoms with Crippen LogP contribution in [0, 0.1) is 0 Å². The average Bonchev–Trinajstić information content (AvgIpc) is 2.81. The average molecular weight is 245 g/mol. The van der Waals surface area contributed by atoms with Crippen LogP contribution in [0.4, 0.5) is 0 Å². The molecular formula is C12H15N5O. The molecule has 0 saturated carbocycles. The molecule has 2 aromatic rings. The topological polar surface area (TPSA) is 101 Å². The summed E-state index contributed by atoms with van der Waals surface area (Å²) in [5.74, 6) is 0.501. The van der Waals surface area contributed by atoms with Crippen LogP contribution in [0.15, 0.2) is 24.3 Å². The molecule has 0 fully saturated rings. The zero-order valence-electron chi connectivity index (χ0n) is 9.87. The molecule has 94 valence electrons. The third-order valence-electron chi connectivity index (χ3n) is 3.44. The number of benzene rings is 1. The summed E-state index contributed by atoms with van der Waals surface area (Å²) in [7, 11) is 0. The summed E-state index contributed by atoms with van der Waals surface area (Å²) in [5, 5.41) is 24.6. The molecule has 2 atom stereocenters. The molecule has 1 aliphatic carbocycles. The van der Waals surface area contributed by atoms with E-state index in [2.05, 4.69) is 20.6 Å². The van der Waals surface area contributed by atoms with Gasteiger partial charge >= 0.3 is 0 Å². The van der Waals surface area contributed by atoms with E-state index < -0.39 is 5.60 Å². The van der Waals surface area contributed by atoms with Gasteiger partial charge in [0.1, 0.15) is 0 Å². The number of nitrogens with zero attached hydrogens (tertiary/aromatic N) is 3. The van der Waals surface area contributed by atoms with Crippen LogP contribution >= 0.6 is 0 Å². The molecule has 6 heteroatoms. The Hall–Kier alpha value is -1.79. The van der Waals surface area contributed by atoms with Crippen molar-refractivity contribution in [3.05, 3.63) is 41.2 Å². The lowest BCUT2D eigenvalue weighted by Gasteiger charge is -2.36. The second kappa shape index (κ2) is 4.15. The van der Waals surface area contributed by atoms with Crippen molar-refractivity contribution in [1.29, 1.82) is 0 Å². The molecule has 4 N–H and O–H groups in total. The third-order valence-corrected chi connectivity index (χ3v) is 3.44. The molecule has 3 rings (SSSR count). The molecule has 18 heavy (non-hydrogen) atoms. The van der Waals surface area contributed by atoms with Crippen molar-refractivity contribution in [2.75, 3.05) is 0 Å². The minimum absolute atomic E-state index is 0.0446. The van der Waals surface area contributed by atoms with Crippen LogP contribution in [0.2, 0.25) is 0 Å². The second-order valence-corrected chi connectivity index (χ2v) is 4.86. The summed E-state index contributed by atoms with van der Waals surface area (Å²) in [6.45, 7) is 0. The molecule has 0 amide bonds. The highest BCUT2D eigenvalue weighted by Gasteiger charge is 2.38. The first-order valence-electron chi connectivity index (χ1n) is 5.96. The smallest absolute Gasteiger partial charge is 0.177 e. The first-order chi connectivity index (χ1) is 8.67. The maximum Gasteiger partial charge on any atom is 0.177 e. The number of tetrazole rings is 1. The highest BCUT2D eigenvalue weighted by Crippen LogP contribution is 2.36. The molecule has 1 aromatic carbocycles. The molecule has 0 aliphatic heterocycles. The number of fused-ring (bicyclic) bond motifs is 1. The molecule has 0 bridgehead atoms. The summed E-state index contributed by atoms with van der Waals surface area (Å²) in [5.41, 5.74) is 7.05. The Morgan fingerprint density at radius 3 is 3.06 bits per heavy atom. The van der Waals surface area contributed by atoms with E-state index in [0.717, 1.165) is 17.5 Å². The van der Waals surface area contributed by atoms with Gasteiger partial charge in [-0.3, -0.25) is 0 Å². The lowest BCUT2D eigenvalue weighted by Crippen LogP contribution is -2.43. The van der Waals surface area contributed by atoms with Crippen molar-refractivity contribution >= 4 is 0 Å². The zero-order valence-corrected chi connectivity index (χ0v) is 9.87. The van der Waals surface area contributed by atoms with E-state index in [9.17, 15) is 5.11 Å². The third kappa shape index (κ3) is 1.89. The van der Waals surface area contributed by atoms with Gasteiger partial charge in [0.05, 0.1) is 5.60 Å². The maximum atomic E-state index is 10.9.